The molecule has 0 saturated carbocycles. The van der Waals surface area contributed by atoms with Crippen LogP contribution >= 0.6 is 0 Å². The van der Waals surface area contributed by atoms with Gasteiger partial charge in [0.25, 0.3) is 0 Å². The average molecular weight is 279 g/mol. The molecule has 0 spiro atoms. The smallest absolute Gasteiger partial charge is 0.360 e. The summed E-state index contributed by atoms with van der Waals surface area (Å²) in [5.41, 5.74) is 0.701. The maximum atomic E-state index is 12.3. The summed E-state index contributed by atoms with van der Waals surface area (Å²) >= 11 is 0. The van der Waals surface area contributed by atoms with E-state index in [1.54, 1.807) is 13.0 Å². The van der Waals surface area contributed by atoms with Crippen molar-refractivity contribution in [1.82, 2.24) is 15.4 Å². The Hall–Kier alpha value is -1.08. The second-order valence-electron chi connectivity index (χ2n) is 4.74. The molecule has 110 valence electrons. The lowest BCUT2D eigenvalue weighted by Crippen LogP contribution is -2.33. The van der Waals surface area contributed by atoms with Crippen molar-refractivity contribution in [3.8, 4) is 0 Å². The molecule has 0 radical (unpaired) electrons. The second kappa shape index (κ2) is 6.91. The summed E-state index contributed by atoms with van der Waals surface area (Å²) in [7, 11) is 0. The number of halogens is 3. The van der Waals surface area contributed by atoms with Crippen molar-refractivity contribution in [3.05, 3.63) is 17.5 Å². The van der Waals surface area contributed by atoms with Gasteiger partial charge in [-0.2, -0.15) is 13.2 Å². The van der Waals surface area contributed by atoms with Crippen molar-refractivity contribution in [3.63, 3.8) is 0 Å². The Balaban J connectivity index is 2.51. The molecule has 0 aliphatic carbocycles. The minimum atomic E-state index is -4.20. The lowest BCUT2D eigenvalue weighted by molar-refractivity contribution is -0.147. The molecule has 0 aromatic carbocycles. The Kier molecular flexibility index (Phi) is 5.81. The van der Waals surface area contributed by atoms with E-state index in [1.165, 1.54) is 4.90 Å². The number of hydrogen-bond donors (Lipinski definition) is 1. The van der Waals surface area contributed by atoms with E-state index < -0.39 is 12.7 Å². The van der Waals surface area contributed by atoms with Crippen LogP contribution in [0.2, 0.25) is 0 Å². The van der Waals surface area contributed by atoms with Crippen molar-refractivity contribution in [2.75, 3.05) is 13.1 Å². The van der Waals surface area contributed by atoms with Gasteiger partial charge in [-0.05, 0) is 6.54 Å². The molecule has 4 nitrogen and oxygen atoms in total. The molecule has 19 heavy (non-hydrogen) atoms. The molecule has 0 fully saturated rings. The molecule has 0 unspecified atom stereocenters. The van der Waals surface area contributed by atoms with E-state index in [1.807, 2.05) is 13.8 Å². The van der Waals surface area contributed by atoms with Gasteiger partial charge in [-0.25, -0.2) is 0 Å². The maximum absolute atomic E-state index is 12.3. The second-order valence-corrected chi connectivity index (χ2v) is 4.74. The number of hydrogen-bond acceptors (Lipinski definition) is 4. The van der Waals surface area contributed by atoms with Gasteiger partial charge in [0.05, 0.1) is 18.8 Å². The van der Waals surface area contributed by atoms with Crippen LogP contribution in [0.3, 0.4) is 0 Å². The number of nitrogens with one attached hydrogen (secondary N) is 1. The van der Waals surface area contributed by atoms with Crippen molar-refractivity contribution in [2.24, 2.45) is 0 Å². The van der Waals surface area contributed by atoms with Crippen LogP contribution in [0.5, 0.6) is 0 Å². The standard InChI is InChI=1S/C12H20F3N3O/c1-4-18(8-12(13,14)15)7-11-5-10(17-19-11)6-16-9(2)3/h5,9,16H,4,6-8H2,1-3H3. The van der Waals surface area contributed by atoms with Crippen molar-refractivity contribution < 1.29 is 17.7 Å². The third kappa shape index (κ3) is 6.58. The number of rotatable bonds is 7. The Labute approximate surface area is 110 Å². The van der Waals surface area contributed by atoms with Gasteiger partial charge in [-0.15, -0.1) is 0 Å². The highest BCUT2D eigenvalue weighted by molar-refractivity contribution is 5.05. The van der Waals surface area contributed by atoms with Gasteiger partial charge in [-0.3, -0.25) is 4.90 Å². The largest absolute Gasteiger partial charge is 0.401 e. The summed E-state index contributed by atoms with van der Waals surface area (Å²) in [6, 6.07) is 2.01. The molecule has 0 atom stereocenters. The summed E-state index contributed by atoms with van der Waals surface area (Å²) in [6.45, 7) is 5.72. The highest BCUT2D eigenvalue weighted by atomic mass is 19.4. The van der Waals surface area contributed by atoms with Crippen LogP contribution in [0.25, 0.3) is 0 Å². The van der Waals surface area contributed by atoms with Gasteiger partial charge < -0.3 is 9.84 Å². The third-order valence-corrected chi connectivity index (χ3v) is 2.53. The normalized spacial score (nSPS) is 12.6. The maximum Gasteiger partial charge on any atom is 0.401 e. The van der Waals surface area contributed by atoms with Gasteiger partial charge in [0.15, 0.2) is 5.76 Å². The molecular formula is C12H20F3N3O. The van der Waals surface area contributed by atoms with Gasteiger partial charge in [0, 0.05) is 18.7 Å². The predicted octanol–water partition coefficient (Wildman–Crippen LogP) is 2.56. The van der Waals surface area contributed by atoms with Gasteiger partial charge in [0.1, 0.15) is 0 Å². The van der Waals surface area contributed by atoms with E-state index >= 15 is 0 Å². The van der Waals surface area contributed by atoms with Crippen LogP contribution < -0.4 is 5.32 Å². The molecule has 0 aliphatic heterocycles. The van der Waals surface area contributed by atoms with E-state index in [4.69, 9.17) is 4.52 Å². The fourth-order valence-electron chi connectivity index (χ4n) is 1.58. The third-order valence-electron chi connectivity index (χ3n) is 2.53. The van der Waals surface area contributed by atoms with Gasteiger partial charge in [-0.1, -0.05) is 25.9 Å². The van der Waals surface area contributed by atoms with Crippen molar-refractivity contribution >= 4 is 0 Å². The first-order valence-corrected chi connectivity index (χ1v) is 6.27. The monoisotopic (exact) mass is 279 g/mol. The molecule has 1 rings (SSSR count). The summed E-state index contributed by atoms with van der Waals surface area (Å²) in [5.74, 6) is 0.451. The first-order chi connectivity index (χ1) is 8.80. The van der Waals surface area contributed by atoms with Crippen LogP contribution in [0.15, 0.2) is 10.6 Å². The Morgan fingerprint density at radius 2 is 2.11 bits per heavy atom. The SMILES string of the molecule is CCN(Cc1cc(CNC(C)C)no1)CC(F)(F)F. The molecule has 1 N–H and O–H groups in total. The molecule has 0 saturated heterocycles. The van der Waals surface area contributed by atoms with E-state index in [2.05, 4.69) is 10.5 Å². The van der Waals surface area contributed by atoms with E-state index in [0.717, 1.165) is 0 Å². The quantitative estimate of drug-likeness (QED) is 0.833. The first-order valence-electron chi connectivity index (χ1n) is 6.27. The zero-order valence-corrected chi connectivity index (χ0v) is 11.4. The topological polar surface area (TPSA) is 41.3 Å². The van der Waals surface area contributed by atoms with Crippen LogP contribution in [0.1, 0.15) is 32.2 Å². The van der Waals surface area contributed by atoms with Crippen molar-refractivity contribution in [1.29, 1.82) is 0 Å². The van der Waals surface area contributed by atoms with Crippen LogP contribution in [0, 0.1) is 0 Å². The summed E-state index contributed by atoms with van der Waals surface area (Å²) in [4.78, 5) is 1.26. The lowest BCUT2D eigenvalue weighted by Gasteiger charge is -2.20. The highest BCUT2D eigenvalue weighted by Crippen LogP contribution is 2.18. The van der Waals surface area contributed by atoms with Gasteiger partial charge >= 0.3 is 6.18 Å². The highest BCUT2D eigenvalue weighted by Gasteiger charge is 2.30. The summed E-state index contributed by atoms with van der Waals surface area (Å²) in [5, 5.41) is 6.99. The number of alkyl halides is 3. The predicted molar refractivity (Wildman–Crippen MR) is 65.5 cm³/mol. The first kappa shape index (κ1) is 16.0. The molecule has 0 amide bonds. The summed E-state index contributed by atoms with van der Waals surface area (Å²) in [6.07, 6.45) is -4.20. The lowest BCUT2D eigenvalue weighted by atomic mass is 10.3. The molecule has 7 heteroatoms. The van der Waals surface area contributed by atoms with Crippen molar-refractivity contribution in [2.45, 2.75) is 46.1 Å². The Morgan fingerprint density at radius 1 is 1.42 bits per heavy atom. The number of aromatic nitrogens is 1. The molecule has 1 heterocycles. The minimum Gasteiger partial charge on any atom is -0.360 e. The fraction of sp³-hybridized carbons (Fsp3) is 0.750. The molecule has 1 aromatic rings. The van der Waals surface area contributed by atoms with Crippen LogP contribution in [-0.2, 0) is 13.1 Å². The average Bonchev–Trinajstić information content (AvgIpc) is 2.71. The zero-order valence-electron chi connectivity index (χ0n) is 11.4. The molecule has 0 aliphatic rings. The zero-order chi connectivity index (χ0) is 14.5. The number of nitrogens with zero attached hydrogens (tertiary/aromatic N) is 2. The Morgan fingerprint density at radius 3 is 2.63 bits per heavy atom. The molecule has 0 bridgehead atoms. The summed E-state index contributed by atoms with van der Waals surface area (Å²) < 4.78 is 42.0. The fourth-order valence-corrected chi connectivity index (χ4v) is 1.58. The van der Waals surface area contributed by atoms with E-state index in [0.29, 0.717) is 30.6 Å². The molecule has 1 aromatic heterocycles. The van der Waals surface area contributed by atoms with E-state index in [9.17, 15) is 13.2 Å². The Bertz CT molecular complexity index is 377. The van der Waals surface area contributed by atoms with Gasteiger partial charge in [0.2, 0.25) is 0 Å². The minimum absolute atomic E-state index is 0.116. The molecular weight excluding hydrogens is 259 g/mol. The van der Waals surface area contributed by atoms with Crippen LogP contribution in [0.4, 0.5) is 13.2 Å². The van der Waals surface area contributed by atoms with Crippen LogP contribution in [-0.4, -0.2) is 35.4 Å². The van der Waals surface area contributed by atoms with E-state index in [-0.39, 0.29) is 6.54 Å².